The molecule has 0 unspecified atom stereocenters. The number of hydrogen-bond donors (Lipinski definition) is 1. The van der Waals surface area contributed by atoms with Crippen LogP contribution in [0.3, 0.4) is 0 Å². The normalized spacial score (nSPS) is 11.2. The minimum atomic E-state index is -0.456. The van der Waals surface area contributed by atoms with E-state index in [0.717, 1.165) is 17.1 Å². The lowest BCUT2D eigenvalue weighted by Crippen LogP contribution is -2.19. The molecule has 0 heterocycles. The number of benzene rings is 3. The fraction of sp³-hybridized carbons (Fsp3) is 0.130. The largest absolute Gasteiger partial charge is 0.271 e. The van der Waals surface area contributed by atoms with Crippen LogP contribution in [0.4, 0.5) is 5.69 Å². The highest BCUT2D eigenvalue weighted by Gasteiger charge is 2.07. The summed E-state index contributed by atoms with van der Waals surface area (Å²) < 4.78 is 0. The predicted octanol–water partition coefficient (Wildman–Crippen LogP) is 5.18. The van der Waals surface area contributed by atoms with E-state index in [4.69, 9.17) is 0 Å². The van der Waals surface area contributed by atoms with Crippen LogP contribution in [-0.2, 0) is 11.5 Å². The first-order valence-electron chi connectivity index (χ1n) is 9.33. The zero-order valence-electron chi connectivity index (χ0n) is 16.4. The quantitative estimate of drug-likeness (QED) is 0.310. The van der Waals surface area contributed by atoms with Gasteiger partial charge in [0.05, 0.1) is 10.6 Å². The predicted molar refractivity (Wildman–Crippen MR) is 121 cm³/mol. The monoisotopic (exact) mass is 419 g/mol. The van der Waals surface area contributed by atoms with Crippen molar-refractivity contribution in [1.82, 2.24) is 5.43 Å². The summed E-state index contributed by atoms with van der Waals surface area (Å²) in [6, 6.07) is 23.8. The van der Waals surface area contributed by atoms with E-state index in [2.05, 4.69) is 22.7 Å². The Morgan fingerprint density at radius 2 is 1.47 bits per heavy atom. The third-order valence-corrected chi connectivity index (χ3v) is 5.49. The molecule has 3 aromatic carbocycles. The van der Waals surface area contributed by atoms with Crippen LogP contribution in [0.2, 0.25) is 0 Å². The summed E-state index contributed by atoms with van der Waals surface area (Å²) in [4.78, 5) is 22.6. The zero-order valence-corrected chi connectivity index (χ0v) is 17.3. The van der Waals surface area contributed by atoms with E-state index >= 15 is 0 Å². The molecule has 6 nitrogen and oxygen atoms in total. The van der Waals surface area contributed by atoms with E-state index in [-0.39, 0.29) is 11.6 Å². The number of hydrogen-bond acceptors (Lipinski definition) is 5. The van der Waals surface area contributed by atoms with Gasteiger partial charge in [-0.05, 0) is 47.9 Å². The number of amides is 1. The number of carbonyl (C=O) groups is 1. The number of nitro groups is 1. The van der Waals surface area contributed by atoms with Crippen molar-refractivity contribution in [3.8, 4) is 0 Å². The van der Waals surface area contributed by atoms with Crippen LogP contribution in [0.5, 0.6) is 0 Å². The van der Waals surface area contributed by atoms with Gasteiger partial charge in [-0.3, -0.25) is 14.9 Å². The smallest absolute Gasteiger partial charge is 0.267 e. The Kier molecular flexibility index (Phi) is 7.34. The molecule has 0 saturated carbocycles. The summed E-state index contributed by atoms with van der Waals surface area (Å²) in [5.74, 6) is 1.51. The first-order chi connectivity index (χ1) is 14.5. The molecule has 30 heavy (non-hydrogen) atoms. The van der Waals surface area contributed by atoms with Crippen molar-refractivity contribution in [2.75, 3.05) is 0 Å². The van der Waals surface area contributed by atoms with Crippen LogP contribution in [-0.4, -0.2) is 16.5 Å². The van der Waals surface area contributed by atoms with E-state index < -0.39 is 4.92 Å². The minimum absolute atomic E-state index is 0.0117. The van der Waals surface area contributed by atoms with Crippen molar-refractivity contribution in [3.63, 3.8) is 0 Å². The van der Waals surface area contributed by atoms with Crippen LogP contribution in [0.1, 0.15) is 34.0 Å². The molecule has 0 atom stereocenters. The molecule has 7 heteroatoms. The maximum atomic E-state index is 12.3. The van der Waals surface area contributed by atoms with Crippen LogP contribution in [0.15, 0.2) is 84.0 Å². The highest BCUT2D eigenvalue weighted by molar-refractivity contribution is 7.97. The second kappa shape index (κ2) is 10.4. The molecule has 0 aromatic heterocycles. The third kappa shape index (κ3) is 6.02. The van der Waals surface area contributed by atoms with E-state index in [1.807, 2.05) is 42.1 Å². The lowest BCUT2D eigenvalue weighted by molar-refractivity contribution is -0.384. The number of carbonyl (C=O) groups excluding carboxylic acids is 1. The van der Waals surface area contributed by atoms with Crippen molar-refractivity contribution in [1.29, 1.82) is 0 Å². The number of hydrazone groups is 1. The number of nitro benzene ring substituents is 1. The van der Waals surface area contributed by atoms with Crippen LogP contribution < -0.4 is 5.43 Å². The molecule has 0 bridgehead atoms. The molecule has 0 aliphatic heterocycles. The molecule has 0 radical (unpaired) electrons. The molecule has 3 rings (SSSR count). The first-order valence-corrected chi connectivity index (χ1v) is 10.5. The van der Waals surface area contributed by atoms with E-state index in [9.17, 15) is 14.9 Å². The van der Waals surface area contributed by atoms with Gasteiger partial charge in [-0.15, -0.1) is 0 Å². The highest BCUT2D eigenvalue weighted by Crippen LogP contribution is 2.18. The number of rotatable bonds is 8. The molecule has 3 aromatic rings. The summed E-state index contributed by atoms with van der Waals surface area (Å²) in [6.07, 6.45) is 0. The summed E-state index contributed by atoms with van der Waals surface area (Å²) in [6.45, 7) is 1.73. The SMILES string of the molecule is C/C(=N/NC(=O)c1ccc(CSCc2ccccc2)cc1)c1ccc([N+](=O)[O-])cc1. The minimum Gasteiger partial charge on any atom is -0.267 e. The standard InChI is InChI=1S/C23H21N3O3S/c1-17(20-11-13-22(14-12-20)26(28)29)24-25-23(27)21-9-7-19(8-10-21)16-30-15-18-5-3-2-4-6-18/h2-14H,15-16H2,1H3,(H,25,27)/b24-17-. The van der Waals surface area contributed by atoms with Gasteiger partial charge in [-0.25, -0.2) is 5.43 Å². The molecule has 0 spiro atoms. The van der Waals surface area contributed by atoms with Crippen molar-refractivity contribution in [3.05, 3.63) is 111 Å². The number of thioether (sulfide) groups is 1. The average Bonchev–Trinajstić information content (AvgIpc) is 2.78. The van der Waals surface area contributed by atoms with E-state index in [1.54, 1.807) is 31.2 Å². The number of non-ortho nitro benzene ring substituents is 1. The summed E-state index contributed by atoms with van der Waals surface area (Å²) in [5.41, 5.74) is 6.77. The fourth-order valence-electron chi connectivity index (χ4n) is 2.70. The summed E-state index contributed by atoms with van der Waals surface area (Å²) in [7, 11) is 0. The maximum Gasteiger partial charge on any atom is 0.271 e. The lowest BCUT2D eigenvalue weighted by atomic mass is 10.1. The van der Waals surface area contributed by atoms with Gasteiger partial charge in [0.15, 0.2) is 0 Å². The molecule has 1 N–H and O–H groups in total. The van der Waals surface area contributed by atoms with E-state index in [1.165, 1.54) is 17.7 Å². The van der Waals surface area contributed by atoms with Gasteiger partial charge in [0.2, 0.25) is 0 Å². The average molecular weight is 420 g/mol. The van der Waals surface area contributed by atoms with Gasteiger partial charge >= 0.3 is 0 Å². The molecule has 0 aliphatic carbocycles. The number of nitrogens with one attached hydrogen (secondary N) is 1. The van der Waals surface area contributed by atoms with E-state index in [0.29, 0.717) is 16.8 Å². The zero-order chi connectivity index (χ0) is 21.3. The van der Waals surface area contributed by atoms with Crippen LogP contribution in [0, 0.1) is 10.1 Å². The molecule has 0 saturated heterocycles. The van der Waals surface area contributed by atoms with Gasteiger partial charge in [0.25, 0.3) is 11.6 Å². The van der Waals surface area contributed by atoms with Gasteiger partial charge in [-0.2, -0.15) is 16.9 Å². The topological polar surface area (TPSA) is 84.6 Å². The maximum absolute atomic E-state index is 12.3. The third-order valence-electron chi connectivity index (χ3n) is 4.42. The lowest BCUT2D eigenvalue weighted by Gasteiger charge is -2.05. The Morgan fingerprint density at radius 1 is 0.900 bits per heavy atom. The Hall–Kier alpha value is -3.45. The van der Waals surface area contributed by atoms with Gasteiger partial charge in [0, 0.05) is 29.2 Å². The first kappa shape index (κ1) is 21.3. The molecule has 1 amide bonds. The fourth-order valence-corrected chi connectivity index (χ4v) is 3.66. The van der Waals surface area contributed by atoms with Gasteiger partial charge in [-0.1, -0.05) is 42.5 Å². The Morgan fingerprint density at radius 3 is 2.07 bits per heavy atom. The van der Waals surface area contributed by atoms with Gasteiger partial charge in [0.1, 0.15) is 0 Å². The molecular formula is C23H21N3O3S. The Bertz CT molecular complexity index is 1030. The van der Waals surface area contributed by atoms with Crippen molar-refractivity contribution in [2.24, 2.45) is 5.10 Å². The van der Waals surface area contributed by atoms with Crippen molar-refractivity contribution < 1.29 is 9.72 Å². The molecule has 0 fully saturated rings. The van der Waals surface area contributed by atoms with Crippen molar-refractivity contribution >= 4 is 29.1 Å². The Labute approximate surface area is 179 Å². The second-order valence-corrected chi connectivity index (χ2v) is 7.60. The molecule has 0 aliphatic rings. The van der Waals surface area contributed by atoms with Crippen LogP contribution in [0.25, 0.3) is 0 Å². The number of nitrogens with zero attached hydrogens (tertiary/aromatic N) is 2. The van der Waals surface area contributed by atoms with Gasteiger partial charge < -0.3 is 0 Å². The summed E-state index contributed by atoms with van der Waals surface area (Å²) >= 11 is 1.82. The molecule has 152 valence electrons. The van der Waals surface area contributed by atoms with Crippen LogP contribution >= 0.6 is 11.8 Å². The Balaban J connectivity index is 1.52. The second-order valence-electron chi connectivity index (χ2n) is 6.62. The molecular weight excluding hydrogens is 398 g/mol. The van der Waals surface area contributed by atoms with Crippen molar-refractivity contribution in [2.45, 2.75) is 18.4 Å². The summed E-state index contributed by atoms with van der Waals surface area (Å²) in [5, 5.41) is 14.8. The highest BCUT2D eigenvalue weighted by atomic mass is 32.2.